The van der Waals surface area contributed by atoms with Crippen molar-refractivity contribution in [2.75, 3.05) is 19.8 Å². The van der Waals surface area contributed by atoms with Crippen LogP contribution >= 0.6 is 0 Å². The normalized spacial score (nSPS) is 26.2. The van der Waals surface area contributed by atoms with Crippen LogP contribution in [0.15, 0.2) is 0 Å². The van der Waals surface area contributed by atoms with E-state index in [2.05, 4.69) is 0 Å². The van der Waals surface area contributed by atoms with Crippen LogP contribution in [-0.2, 0) is 19.0 Å². The molecule has 17 heavy (non-hydrogen) atoms. The fraction of sp³-hybridized carbons (Fsp3) is 0.917. The highest BCUT2D eigenvalue weighted by atomic mass is 16.7. The summed E-state index contributed by atoms with van der Waals surface area (Å²) >= 11 is 0. The zero-order valence-corrected chi connectivity index (χ0v) is 10.3. The predicted molar refractivity (Wildman–Crippen MR) is 61.2 cm³/mol. The molecule has 0 aromatic heterocycles. The molecule has 1 aliphatic carbocycles. The Morgan fingerprint density at radius 2 is 2.00 bits per heavy atom. The van der Waals surface area contributed by atoms with E-state index < -0.39 is 0 Å². The number of amides is 1. The molecule has 98 valence electrons. The summed E-state index contributed by atoms with van der Waals surface area (Å²) in [4.78, 5) is 10.9. The highest BCUT2D eigenvalue weighted by molar-refractivity contribution is 5.76. The molecule has 0 bridgehead atoms. The second kappa shape index (κ2) is 5.33. The number of rotatable bonds is 4. The molecule has 1 atom stereocenters. The van der Waals surface area contributed by atoms with Crippen LogP contribution in [0.5, 0.6) is 0 Å². The molecule has 2 aliphatic rings. The van der Waals surface area contributed by atoms with Crippen LogP contribution in [0.3, 0.4) is 0 Å². The molecule has 2 N–H and O–H groups in total. The molecular weight excluding hydrogens is 222 g/mol. The van der Waals surface area contributed by atoms with Crippen LogP contribution in [0, 0.1) is 5.92 Å². The van der Waals surface area contributed by atoms with Crippen molar-refractivity contribution in [1.82, 2.24) is 0 Å². The third-order valence-electron chi connectivity index (χ3n) is 3.58. The molecule has 1 unspecified atom stereocenters. The summed E-state index contributed by atoms with van der Waals surface area (Å²) in [6, 6.07) is 0. The second-order valence-electron chi connectivity index (χ2n) is 4.94. The minimum atomic E-state index is -0.338. The van der Waals surface area contributed by atoms with Gasteiger partial charge in [0.25, 0.3) is 0 Å². The van der Waals surface area contributed by atoms with Gasteiger partial charge in [-0.1, -0.05) is 6.92 Å². The van der Waals surface area contributed by atoms with Crippen molar-refractivity contribution in [3.8, 4) is 0 Å². The maximum atomic E-state index is 10.9. The molecule has 1 heterocycles. The summed E-state index contributed by atoms with van der Waals surface area (Å²) in [5.41, 5.74) is 5.19. The highest BCUT2D eigenvalue weighted by Gasteiger charge is 2.40. The lowest BCUT2D eigenvalue weighted by atomic mass is 9.91. The standard InChI is InChI=1S/C12H21NO4/c1-9(11(13)14)8-15-10-2-4-12(5-3-10)16-6-7-17-12/h9-10H,2-8H2,1H3,(H2,13,14). The Morgan fingerprint density at radius 1 is 1.41 bits per heavy atom. The number of primary amides is 1. The van der Waals surface area contributed by atoms with Gasteiger partial charge in [0.05, 0.1) is 31.8 Å². The van der Waals surface area contributed by atoms with Gasteiger partial charge in [-0.25, -0.2) is 0 Å². The average molecular weight is 243 g/mol. The van der Waals surface area contributed by atoms with E-state index in [1.165, 1.54) is 0 Å². The Hall–Kier alpha value is -0.650. The Balaban J connectivity index is 1.70. The van der Waals surface area contributed by atoms with Gasteiger partial charge in [0, 0.05) is 12.8 Å². The van der Waals surface area contributed by atoms with Crippen molar-refractivity contribution >= 4 is 5.91 Å². The molecule has 0 aromatic rings. The third-order valence-corrected chi connectivity index (χ3v) is 3.58. The Bertz CT molecular complexity index is 266. The molecule has 1 saturated carbocycles. The van der Waals surface area contributed by atoms with Crippen LogP contribution in [-0.4, -0.2) is 37.6 Å². The molecule has 1 spiro atoms. The lowest BCUT2D eigenvalue weighted by molar-refractivity contribution is -0.192. The number of carbonyl (C=O) groups excluding carboxylic acids is 1. The number of hydrogen-bond acceptors (Lipinski definition) is 4. The van der Waals surface area contributed by atoms with E-state index in [0.717, 1.165) is 25.7 Å². The van der Waals surface area contributed by atoms with Crippen LogP contribution in [0.1, 0.15) is 32.6 Å². The number of hydrogen-bond donors (Lipinski definition) is 1. The van der Waals surface area contributed by atoms with Gasteiger partial charge in [0.1, 0.15) is 0 Å². The summed E-state index contributed by atoms with van der Waals surface area (Å²) in [5.74, 6) is -0.862. The monoisotopic (exact) mass is 243 g/mol. The number of nitrogens with two attached hydrogens (primary N) is 1. The molecular formula is C12H21NO4. The Morgan fingerprint density at radius 3 is 2.53 bits per heavy atom. The van der Waals surface area contributed by atoms with E-state index >= 15 is 0 Å². The average Bonchev–Trinajstić information content (AvgIpc) is 2.76. The number of carbonyl (C=O) groups is 1. The number of ether oxygens (including phenoxy) is 3. The Labute approximate surface area is 102 Å². The van der Waals surface area contributed by atoms with Crippen molar-refractivity contribution in [1.29, 1.82) is 0 Å². The van der Waals surface area contributed by atoms with Crippen molar-refractivity contribution in [2.45, 2.75) is 44.5 Å². The molecule has 1 saturated heterocycles. The lowest BCUT2D eigenvalue weighted by Crippen LogP contribution is -2.38. The molecule has 0 aromatic carbocycles. The highest BCUT2D eigenvalue weighted by Crippen LogP contribution is 2.36. The van der Waals surface area contributed by atoms with Gasteiger partial charge < -0.3 is 19.9 Å². The first-order valence-electron chi connectivity index (χ1n) is 6.30. The zero-order chi connectivity index (χ0) is 12.3. The van der Waals surface area contributed by atoms with Gasteiger partial charge >= 0.3 is 0 Å². The maximum absolute atomic E-state index is 10.9. The van der Waals surface area contributed by atoms with Gasteiger partial charge in [-0.15, -0.1) is 0 Å². The van der Waals surface area contributed by atoms with Gasteiger partial charge in [-0.05, 0) is 12.8 Å². The van der Waals surface area contributed by atoms with E-state index in [4.69, 9.17) is 19.9 Å². The smallest absolute Gasteiger partial charge is 0.222 e. The molecule has 1 aliphatic heterocycles. The fourth-order valence-corrected chi connectivity index (χ4v) is 2.35. The Kier molecular flexibility index (Phi) is 4.01. The van der Waals surface area contributed by atoms with Crippen LogP contribution in [0.25, 0.3) is 0 Å². The maximum Gasteiger partial charge on any atom is 0.222 e. The molecule has 2 fully saturated rings. The molecule has 2 rings (SSSR count). The summed E-state index contributed by atoms with van der Waals surface area (Å²) in [7, 11) is 0. The fourth-order valence-electron chi connectivity index (χ4n) is 2.35. The molecule has 0 radical (unpaired) electrons. The van der Waals surface area contributed by atoms with Crippen molar-refractivity contribution in [3.05, 3.63) is 0 Å². The van der Waals surface area contributed by atoms with Gasteiger partial charge in [-0.2, -0.15) is 0 Å². The summed E-state index contributed by atoms with van der Waals surface area (Å²) < 4.78 is 17.0. The van der Waals surface area contributed by atoms with Gasteiger partial charge in [0.15, 0.2) is 5.79 Å². The van der Waals surface area contributed by atoms with E-state index in [-0.39, 0.29) is 23.7 Å². The molecule has 5 heteroatoms. The third kappa shape index (κ3) is 3.18. The van der Waals surface area contributed by atoms with Crippen LogP contribution in [0.2, 0.25) is 0 Å². The second-order valence-corrected chi connectivity index (χ2v) is 4.94. The van der Waals surface area contributed by atoms with E-state index in [1.54, 1.807) is 6.92 Å². The first-order chi connectivity index (χ1) is 8.11. The largest absolute Gasteiger partial charge is 0.377 e. The predicted octanol–water partition coefficient (Wildman–Crippen LogP) is 0.810. The minimum absolute atomic E-state index is 0.204. The van der Waals surface area contributed by atoms with Gasteiger partial charge in [0.2, 0.25) is 5.91 Å². The van der Waals surface area contributed by atoms with Crippen molar-refractivity contribution in [3.63, 3.8) is 0 Å². The van der Waals surface area contributed by atoms with Crippen molar-refractivity contribution < 1.29 is 19.0 Å². The SMILES string of the molecule is CC(COC1CCC2(CC1)OCCO2)C(N)=O. The van der Waals surface area contributed by atoms with Crippen molar-refractivity contribution in [2.24, 2.45) is 11.7 Å². The van der Waals surface area contributed by atoms with Crippen LogP contribution in [0.4, 0.5) is 0 Å². The topological polar surface area (TPSA) is 70.8 Å². The quantitative estimate of drug-likeness (QED) is 0.793. The molecule has 1 amide bonds. The summed E-state index contributed by atoms with van der Waals surface area (Å²) in [6.07, 6.45) is 3.80. The van der Waals surface area contributed by atoms with Crippen LogP contribution < -0.4 is 5.73 Å². The first-order valence-corrected chi connectivity index (χ1v) is 6.30. The lowest BCUT2D eigenvalue weighted by Gasteiger charge is -2.35. The summed E-state index contributed by atoms with van der Waals surface area (Å²) in [5, 5.41) is 0. The molecule has 5 nitrogen and oxygen atoms in total. The van der Waals surface area contributed by atoms with E-state index in [0.29, 0.717) is 19.8 Å². The minimum Gasteiger partial charge on any atom is -0.377 e. The first kappa shape index (κ1) is 12.8. The van der Waals surface area contributed by atoms with E-state index in [1.807, 2.05) is 0 Å². The zero-order valence-electron chi connectivity index (χ0n) is 10.3. The van der Waals surface area contributed by atoms with E-state index in [9.17, 15) is 4.79 Å². The summed E-state index contributed by atoms with van der Waals surface area (Å²) in [6.45, 7) is 3.60. The van der Waals surface area contributed by atoms with Gasteiger partial charge in [-0.3, -0.25) is 4.79 Å².